The zero-order valence-electron chi connectivity index (χ0n) is 13.2. The number of hydrogen-bond donors (Lipinski definition) is 2. The highest BCUT2D eigenvalue weighted by Gasteiger charge is 2.03. The van der Waals surface area contributed by atoms with Gasteiger partial charge in [-0.25, -0.2) is 4.98 Å². The first-order valence-electron chi connectivity index (χ1n) is 7.30. The fourth-order valence-corrected chi connectivity index (χ4v) is 2.11. The van der Waals surface area contributed by atoms with Gasteiger partial charge in [0.2, 0.25) is 5.95 Å². The molecular formula is C16H22ClN5. The van der Waals surface area contributed by atoms with Crippen molar-refractivity contribution in [1.82, 2.24) is 14.9 Å². The Morgan fingerprint density at radius 2 is 1.86 bits per heavy atom. The van der Waals surface area contributed by atoms with Crippen molar-refractivity contribution in [1.29, 1.82) is 0 Å². The first-order valence-corrected chi connectivity index (χ1v) is 7.67. The van der Waals surface area contributed by atoms with Crippen molar-refractivity contribution in [3.8, 4) is 0 Å². The lowest BCUT2D eigenvalue weighted by Crippen LogP contribution is -2.17. The van der Waals surface area contributed by atoms with Gasteiger partial charge in [0, 0.05) is 29.0 Å². The molecule has 0 saturated carbocycles. The van der Waals surface area contributed by atoms with E-state index in [2.05, 4.69) is 39.6 Å². The molecule has 118 valence electrons. The SMILES string of the molecule is Cc1cc(Nc2ccc(Cl)cc2)nc(NCCCN(C)C)n1. The molecule has 1 aromatic heterocycles. The van der Waals surface area contributed by atoms with Crippen molar-refractivity contribution in [2.75, 3.05) is 37.8 Å². The van der Waals surface area contributed by atoms with Crippen LogP contribution in [0.2, 0.25) is 5.02 Å². The van der Waals surface area contributed by atoms with E-state index in [4.69, 9.17) is 11.6 Å². The van der Waals surface area contributed by atoms with Crippen LogP contribution in [0.15, 0.2) is 30.3 Å². The third-order valence-electron chi connectivity index (χ3n) is 3.04. The van der Waals surface area contributed by atoms with E-state index in [9.17, 15) is 0 Å². The number of aryl methyl sites for hydroxylation is 1. The summed E-state index contributed by atoms with van der Waals surface area (Å²) in [4.78, 5) is 11.1. The van der Waals surface area contributed by atoms with Gasteiger partial charge in [0.1, 0.15) is 5.82 Å². The van der Waals surface area contributed by atoms with Crippen molar-refractivity contribution in [3.05, 3.63) is 41.0 Å². The van der Waals surface area contributed by atoms with Gasteiger partial charge in [-0.1, -0.05) is 11.6 Å². The van der Waals surface area contributed by atoms with Gasteiger partial charge < -0.3 is 15.5 Å². The largest absolute Gasteiger partial charge is 0.354 e. The number of benzene rings is 1. The standard InChI is InChI=1S/C16H22ClN5/c1-12-11-15(20-14-7-5-13(17)6-8-14)21-16(19-12)18-9-4-10-22(2)3/h5-8,11H,4,9-10H2,1-3H3,(H2,18,19,20,21). The number of aromatic nitrogens is 2. The molecule has 0 radical (unpaired) electrons. The van der Waals surface area contributed by atoms with E-state index < -0.39 is 0 Å². The van der Waals surface area contributed by atoms with Crippen LogP contribution in [0.25, 0.3) is 0 Å². The number of halogens is 1. The van der Waals surface area contributed by atoms with Crippen LogP contribution in [0.3, 0.4) is 0 Å². The second kappa shape index (κ2) is 7.96. The van der Waals surface area contributed by atoms with Crippen molar-refractivity contribution < 1.29 is 0 Å². The highest BCUT2D eigenvalue weighted by Crippen LogP contribution is 2.19. The van der Waals surface area contributed by atoms with Crippen LogP contribution in [-0.2, 0) is 0 Å². The zero-order valence-corrected chi connectivity index (χ0v) is 14.0. The molecule has 2 aromatic rings. The van der Waals surface area contributed by atoms with E-state index in [-0.39, 0.29) is 0 Å². The fraction of sp³-hybridized carbons (Fsp3) is 0.375. The van der Waals surface area contributed by atoms with Crippen LogP contribution in [0, 0.1) is 6.92 Å². The van der Waals surface area contributed by atoms with Crippen molar-refractivity contribution in [2.24, 2.45) is 0 Å². The quantitative estimate of drug-likeness (QED) is 0.764. The molecule has 2 rings (SSSR count). The lowest BCUT2D eigenvalue weighted by Gasteiger charge is -2.11. The van der Waals surface area contributed by atoms with Gasteiger partial charge in [0.15, 0.2) is 0 Å². The average molecular weight is 320 g/mol. The Hall–Kier alpha value is -1.85. The highest BCUT2D eigenvalue weighted by atomic mass is 35.5. The van der Waals surface area contributed by atoms with Crippen molar-refractivity contribution in [3.63, 3.8) is 0 Å². The summed E-state index contributed by atoms with van der Waals surface area (Å²) in [6, 6.07) is 9.45. The van der Waals surface area contributed by atoms with E-state index in [0.717, 1.165) is 36.7 Å². The van der Waals surface area contributed by atoms with Crippen LogP contribution in [0.1, 0.15) is 12.1 Å². The Labute approximate surface area is 136 Å². The third kappa shape index (κ3) is 5.50. The second-order valence-electron chi connectivity index (χ2n) is 5.43. The molecule has 1 aromatic carbocycles. The molecule has 0 bridgehead atoms. The Morgan fingerprint density at radius 3 is 2.55 bits per heavy atom. The minimum absolute atomic E-state index is 0.648. The summed E-state index contributed by atoms with van der Waals surface area (Å²) in [5, 5.41) is 7.24. The van der Waals surface area contributed by atoms with Crippen LogP contribution < -0.4 is 10.6 Å². The average Bonchev–Trinajstić information content (AvgIpc) is 2.45. The van der Waals surface area contributed by atoms with Gasteiger partial charge in [-0.2, -0.15) is 4.98 Å². The van der Waals surface area contributed by atoms with Crippen LogP contribution in [0.4, 0.5) is 17.5 Å². The lowest BCUT2D eigenvalue weighted by atomic mass is 10.3. The van der Waals surface area contributed by atoms with Crippen LogP contribution in [0.5, 0.6) is 0 Å². The normalized spacial score (nSPS) is 10.8. The van der Waals surface area contributed by atoms with Gasteiger partial charge in [-0.15, -0.1) is 0 Å². The van der Waals surface area contributed by atoms with E-state index in [1.54, 1.807) is 0 Å². The minimum atomic E-state index is 0.648. The summed E-state index contributed by atoms with van der Waals surface area (Å²) in [5.74, 6) is 1.42. The molecular weight excluding hydrogens is 298 g/mol. The van der Waals surface area contributed by atoms with Gasteiger partial charge in [-0.3, -0.25) is 0 Å². The molecule has 22 heavy (non-hydrogen) atoms. The maximum absolute atomic E-state index is 5.89. The van der Waals surface area contributed by atoms with Gasteiger partial charge >= 0.3 is 0 Å². The molecule has 0 atom stereocenters. The van der Waals surface area contributed by atoms with Crippen LogP contribution in [-0.4, -0.2) is 42.1 Å². The number of hydrogen-bond acceptors (Lipinski definition) is 5. The van der Waals surface area contributed by atoms with Crippen LogP contribution >= 0.6 is 11.6 Å². The summed E-state index contributed by atoms with van der Waals surface area (Å²) < 4.78 is 0. The Bertz CT molecular complexity index is 598. The first-order chi connectivity index (χ1) is 10.5. The van der Waals surface area contributed by atoms with Crippen molar-refractivity contribution >= 4 is 29.1 Å². The molecule has 0 aliphatic heterocycles. The summed E-state index contributed by atoms with van der Waals surface area (Å²) in [6.07, 6.45) is 1.05. The summed E-state index contributed by atoms with van der Waals surface area (Å²) in [6.45, 7) is 3.84. The molecule has 2 N–H and O–H groups in total. The van der Waals surface area contributed by atoms with E-state index in [1.165, 1.54) is 0 Å². The third-order valence-corrected chi connectivity index (χ3v) is 3.29. The maximum Gasteiger partial charge on any atom is 0.224 e. The smallest absolute Gasteiger partial charge is 0.224 e. The highest BCUT2D eigenvalue weighted by molar-refractivity contribution is 6.30. The molecule has 1 heterocycles. The zero-order chi connectivity index (χ0) is 15.9. The first kappa shape index (κ1) is 16.5. The van der Waals surface area contributed by atoms with Gasteiger partial charge in [0.25, 0.3) is 0 Å². The number of nitrogens with zero attached hydrogens (tertiary/aromatic N) is 3. The Morgan fingerprint density at radius 1 is 1.14 bits per heavy atom. The molecule has 0 saturated heterocycles. The number of nitrogens with one attached hydrogen (secondary N) is 2. The summed E-state index contributed by atoms with van der Waals surface area (Å²) in [7, 11) is 4.13. The topological polar surface area (TPSA) is 53.1 Å². The van der Waals surface area contributed by atoms with Crippen molar-refractivity contribution in [2.45, 2.75) is 13.3 Å². The molecule has 0 aliphatic carbocycles. The fourth-order valence-electron chi connectivity index (χ4n) is 1.99. The molecule has 0 fully saturated rings. The number of anilines is 3. The van der Waals surface area contributed by atoms with E-state index in [0.29, 0.717) is 11.0 Å². The molecule has 0 aliphatic rings. The lowest BCUT2D eigenvalue weighted by molar-refractivity contribution is 0.405. The second-order valence-corrected chi connectivity index (χ2v) is 5.87. The summed E-state index contributed by atoms with van der Waals surface area (Å²) in [5.41, 5.74) is 1.86. The Balaban J connectivity index is 1.98. The number of rotatable bonds is 7. The summed E-state index contributed by atoms with van der Waals surface area (Å²) >= 11 is 5.89. The van der Waals surface area contributed by atoms with Gasteiger partial charge in [0.05, 0.1) is 0 Å². The molecule has 0 unspecified atom stereocenters. The van der Waals surface area contributed by atoms with E-state index in [1.807, 2.05) is 37.3 Å². The molecule has 0 spiro atoms. The maximum atomic E-state index is 5.89. The molecule has 5 nitrogen and oxygen atoms in total. The Kier molecular flexibility index (Phi) is 5.98. The predicted octanol–water partition coefficient (Wildman–Crippen LogP) is 3.55. The minimum Gasteiger partial charge on any atom is -0.354 e. The van der Waals surface area contributed by atoms with Gasteiger partial charge in [-0.05, 0) is 58.3 Å². The molecule has 0 amide bonds. The monoisotopic (exact) mass is 319 g/mol. The van der Waals surface area contributed by atoms with E-state index >= 15 is 0 Å². The molecule has 6 heteroatoms. The predicted molar refractivity (Wildman–Crippen MR) is 93.2 cm³/mol.